The van der Waals surface area contributed by atoms with Crippen molar-refractivity contribution in [2.75, 3.05) is 33.9 Å². The molecule has 0 aromatic heterocycles. The van der Waals surface area contributed by atoms with E-state index in [1.807, 2.05) is 6.92 Å². The van der Waals surface area contributed by atoms with Crippen LogP contribution < -0.4 is 5.32 Å². The Balaban J connectivity index is 2.45. The fourth-order valence-electron chi connectivity index (χ4n) is 1.41. The lowest BCUT2D eigenvalue weighted by Gasteiger charge is -2.28. The van der Waals surface area contributed by atoms with Crippen molar-refractivity contribution < 1.29 is 9.53 Å². The van der Waals surface area contributed by atoms with E-state index in [-0.39, 0.29) is 17.9 Å². The van der Waals surface area contributed by atoms with Gasteiger partial charge in [-0.25, -0.2) is 5.32 Å². The number of morpholine rings is 1. The van der Waals surface area contributed by atoms with E-state index in [4.69, 9.17) is 4.74 Å². The first-order valence-electron chi connectivity index (χ1n) is 4.58. The van der Waals surface area contributed by atoms with Gasteiger partial charge in [0.05, 0.1) is 25.2 Å². The molecule has 2 atom stereocenters. The highest BCUT2D eigenvalue weighted by Crippen LogP contribution is 2.10. The summed E-state index contributed by atoms with van der Waals surface area (Å²) in [5.74, 6) is 0.0644. The molecule has 0 saturated carbocycles. The highest BCUT2D eigenvalue weighted by molar-refractivity contribution is 5.78. The van der Waals surface area contributed by atoms with Crippen LogP contribution in [0.25, 0.3) is 0 Å². The smallest absolute Gasteiger partial charge is 0.226 e. The summed E-state index contributed by atoms with van der Waals surface area (Å²) >= 11 is 0. The minimum absolute atomic E-state index is 0.0450. The molecule has 0 aromatic carbocycles. The maximum Gasteiger partial charge on any atom is 0.226 e. The molecule has 1 heterocycles. The summed E-state index contributed by atoms with van der Waals surface area (Å²) in [7, 11) is 3.53. The van der Waals surface area contributed by atoms with Crippen LogP contribution in [0.4, 0.5) is 0 Å². The minimum atomic E-state index is -0.0599. The van der Waals surface area contributed by atoms with Crippen molar-refractivity contribution >= 4 is 5.91 Å². The zero-order chi connectivity index (χ0) is 9.84. The van der Waals surface area contributed by atoms with Crippen LogP contribution in [0, 0.1) is 5.92 Å². The molecule has 1 amide bonds. The Hall–Kier alpha value is -0.610. The lowest BCUT2D eigenvalue weighted by Crippen LogP contribution is -2.46. The molecule has 1 fully saturated rings. The molecule has 0 N–H and O–H groups in total. The third-order valence-corrected chi connectivity index (χ3v) is 2.30. The second-order valence-corrected chi connectivity index (χ2v) is 3.57. The Morgan fingerprint density at radius 1 is 1.62 bits per heavy atom. The van der Waals surface area contributed by atoms with Gasteiger partial charge in [0.2, 0.25) is 5.91 Å². The van der Waals surface area contributed by atoms with Gasteiger partial charge in [0.25, 0.3) is 0 Å². The summed E-state index contributed by atoms with van der Waals surface area (Å²) in [6.45, 7) is 3.90. The second-order valence-electron chi connectivity index (χ2n) is 3.57. The van der Waals surface area contributed by atoms with Crippen LogP contribution in [0.2, 0.25) is 0 Å². The maximum atomic E-state index is 11.6. The van der Waals surface area contributed by atoms with Crippen LogP contribution in [0.5, 0.6) is 0 Å². The van der Waals surface area contributed by atoms with E-state index in [9.17, 15) is 4.79 Å². The number of hydrogen-bond acceptors (Lipinski definition) is 2. The van der Waals surface area contributed by atoms with Gasteiger partial charge < -0.3 is 9.64 Å². The Morgan fingerprint density at radius 3 is 2.77 bits per heavy atom. The van der Waals surface area contributed by atoms with Crippen molar-refractivity contribution in [3.05, 3.63) is 0 Å². The quantitative estimate of drug-likeness (QED) is 0.593. The number of carbonyl (C=O) groups is 1. The molecule has 4 nitrogen and oxygen atoms in total. The SMILES string of the molecule is CC(C(=O)N(C)C)C1COCC[N]1. The van der Waals surface area contributed by atoms with Crippen LogP contribution in [0.3, 0.4) is 0 Å². The zero-order valence-electron chi connectivity index (χ0n) is 8.49. The Kier molecular flexibility index (Phi) is 3.69. The number of amides is 1. The summed E-state index contributed by atoms with van der Waals surface area (Å²) in [5, 5.41) is 4.36. The zero-order valence-corrected chi connectivity index (χ0v) is 8.49. The van der Waals surface area contributed by atoms with E-state index in [1.54, 1.807) is 19.0 Å². The lowest BCUT2D eigenvalue weighted by molar-refractivity contribution is -0.134. The topological polar surface area (TPSA) is 43.6 Å². The van der Waals surface area contributed by atoms with Gasteiger partial charge in [0, 0.05) is 20.6 Å². The van der Waals surface area contributed by atoms with Crippen molar-refractivity contribution in [3.63, 3.8) is 0 Å². The molecule has 4 heteroatoms. The summed E-state index contributed by atoms with van der Waals surface area (Å²) in [6.07, 6.45) is 0. The Morgan fingerprint density at radius 2 is 2.31 bits per heavy atom. The molecule has 1 aliphatic heterocycles. The first-order valence-corrected chi connectivity index (χ1v) is 4.58. The summed E-state index contributed by atoms with van der Waals surface area (Å²) in [5.41, 5.74) is 0. The molecule has 75 valence electrons. The molecule has 1 aliphatic rings. The van der Waals surface area contributed by atoms with Gasteiger partial charge in [-0.15, -0.1) is 0 Å². The van der Waals surface area contributed by atoms with Crippen LogP contribution in [0.1, 0.15) is 6.92 Å². The van der Waals surface area contributed by atoms with Crippen molar-refractivity contribution in [1.29, 1.82) is 0 Å². The van der Waals surface area contributed by atoms with Gasteiger partial charge >= 0.3 is 0 Å². The largest absolute Gasteiger partial charge is 0.378 e. The number of rotatable bonds is 2. The van der Waals surface area contributed by atoms with E-state index in [0.717, 1.165) is 6.54 Å². The second kappa shape index (κ2) is 4.58. The molecular weight excluding hydrogens is 168 g/mol. The molecule has 0 bridgehead atoms. The Bertz CT molecular complexity index is 176. The Labute approximate surface area is 79.2 Å². The molecule has 0 aliphatic carbocycles. The predicted molar refractivity (Wildman–Crippen MR) is 49.5 cm³/mol. The summed E-state index contributed by atoms with van der Waals surface area (Å²) < 4.78 is 5.27. The van der Waals surface area contributed by atoms with Gasteiger partial charge in [-0.05, 0) is 0 Å². The first-order chi connectivity index (χ1) is 6.13. The average molecular weight is 185 g/mol. The van der Waals surface area contributed by atoms with E-state index in [0.29, 0.717) is 13.2 Å². The molecule has 0 aromatic rings. The predicted octanol–water partition coefficient (Wildman–Crippen LogP) is -0.286. The van der Waals surface area contributed by atoms with Gasteiger partial charge in [-0.2, -0.15) is 0 Å². The molecular formula is C9H17N2O2. The van der Waals surface area contributed by atoms with Crippen molar-refractivity contribution in [1.82, 2.24) is 10.2 Å². The highest BCUT2D eigenvalue weighted by atomic mass is 16.5. The van der Waals surface area contributed by atoms with Crippen molar-refractivity contribution in [2.24, 2.45) is 5.92 Å². The van der Waals surface area contributed by atoms with Crippen molar-refractivity contribution in [2.45, 2.75) is 13.0 Å². The molecule has 2 unspecified atom stereocenters. The molecule has 0 spiro atoms. The van der Waals surface area contributed by atoms with Gasteiger partial charge in [0.1, 0.15) is 0 Å². The number of carbonyl (C=O) groups excluding carboxylic acids is 1. The average Bonchev–Trinajstić information content (AvgIpc) is 2.17. The van der Waals surface area contributed by atoms with E-state index in [1.165, 1.54) is 0 Å². The lowest BCUT2D eigenvalue weighted by atomic mass is 10.0. The van der Waals surface area contributed by atoms with E-state index in [2.05, 4.69) is 5.32 Å². The van der Waals surface area contributed by atoms with Crippen molar-refractivity contribution in [3.8, 4) is 0 Å². The fraction of sp³-hybridized carbons (Fsp3) is 0.889. The van der Waals surface area contributed by atoms with Gasteiger partial charge in [-0.3, -0.25) is 4.79 Å². The van der Waals surface area contributed by atoms with Gasteiger partial charge in [0.15, 0.2) is 0 Å². The number of hydrogen-bond donors (Lipinski definition) is 0. The maximum absolute atomic E-state index is 11.6. The van der Waals surface area contributed by atoms with Crippen LogP contribution in [-0.2, 0) is 9.53 Å². The van der Waals surface area contributed by atoms with Crippen LogP contribution >= 0.6 is 0 Å². The third kappa shape index (κ3) is 2.67. The molecule has 13 heavy (non-hydrogen) atoms. The monoisotopic (exact) mass is 185 g/mol. The van der Waals surface area contributed by atoms with E-state index < -0.39 is 0 Å². The highest BCUT2D eigenvalue weighted by Gasteiger charge is 2.27. The summed E-state index contributed by atoms with van der Waals surface area (Å²) in [4.78, 5) is 13.2. The molecule has 1 saturated heterocycles. The number of nitrogens with zero attached hydrogens (tertiary/aromatic N) is 2. The minimum Gasteiger partial charge on any atom is -0.378 e. The molecule has 1 radical (unpaired) electrons. The third-order valence-electron chi connectivity index (χ3n) is 2.30. The standard InChI is InChI=1S/C9H17N2O2/c1-7(9(12)11(2)3)8-6-13-5-4-10-8/h7-8H,4-6H2,1-3H3. The van der Waals surface area contributed by atoms with Gasteiger partial charge in [-0.1, -0.05) is 6.92 Å². The van der Waals surface area contributed by atoms with E-state index >= 15 is 0 Å². The summed E-state index contributed by atoms with van der Waals surface area (Å²) in [6, 6.07) is 0.0450. The van der Waals surface area contributed by atoms with Crippen LogP contribution in [0.15, 0.2) is 0 Å². The normalized spacial score (nSPS) is 25.3. The van der Waals surface area contributed by atoms with Crippen LogP contribution in [-0.4, -0.2) is 50.7 Å². The molecule has 1 rings (SSSR count). The number of ether oxygens (including phenoxy) is 1. The first kappa shape index (κ1) is 10.5. The fourth-order valence-corrected chi connectivity index (χ4v) is 1.41.